The summed E-state index contributed by atoms with van der Waals surface area (Å²) in [4.78, 5) is 4.11. The van der Waals surface area contributed by atoms with Crippen molar-refractivity contribution in [1.29, 1.82) is 0 Å². The number of aryl methyl sites for hydroxylation is 1. The number of halogens is 1. The van der Waals surface area contributed by atoms with Gasteiger partial charge in [-0.1, -0.05) is 22.0 Å². The molecule has 0 aliphatic carbocycles. The summed E-state index contributed by atoms with van der Waals surface area (Å²) in [6, 6.07) is 0. The Bertz CT molecular complexity index is 227. The molecule has 0 aliphatic rings. The molecule has 0 aromatic carbocycles. The van der Waals surface area contributed by atoms with Gasteiger partial charge in [0.05, 0.1) is 12.0 Å². The molecule has 0 aliphatic heterocycles. The normalized spacial score (nSPS) is 11.0. The van der Waals surface area contributed by atoms with E-state index in [1.54, 1.807) is 6.33 Å². The van der Waals surface area contributed by atoms with Crippen LogP contribution < -0.4 is 0 Å². The van der Waals surface area contributed by atoms with Gasteiger partial charge in [0.25, 0.3) is 0 Å². The van der Waals surface area contributed by atoms with Crippen LogP contribution in [0.4, 0.5) is 0 Å². The third-order valence-electron chi connectivity index (χ3n) is 1.10. The standard InChI is InChI=1S/C7H9BrN2/c1-10-5-7(9-6-10)3-2-4-8/h2-3,5-6H,4H2,1H3/b3-2+. The fourth-order valence-corrected chi connectivity index (χ4v) is 0.871. The van der Waals surface area contributed by atoms with Crippen LogP contribution in [0, 0.1) is 0 Å². The van der Waals surface area contributed by atoms with Crippen molar-refractivity contribution < 1.29 is 0 Å². The molecule has 0 N–H and O–H groups in total. The van der Waals surface area contributed by atoms with Gasteiger partial charge in [0.1, 0.15) is 0 Å². The molecule has 0 fully saturated rings. The minimum absolute atomic E-state index is 0.879. The summed E-state index contributed by atoms with van der Waals surface area (Å²) >= 11 is 3.29. The van der Waals surface area contributed by atoms with Crippen molar-refractivity contribution in [2.75, 3.05) is 5.33 Å². The molecular formula is C7H9BrN2. The van der Waals surface area contributed by atoms with Gasteiger partial charge in [-0.05, 0) is 6.08 Å². The molecule has 0 amide bonds. The lowest BCUT2D eigenvalue weighted by atomic mass is 10.4. The van der Waals surface area contributed by atoms with Crippen LogP contribution in [-0.2, 0) is 7.05 Å². The van der Waals surface area contributed by atoms with Crippen molar-refractivity contribution in [1.82, 2.24) is 9.55 Å². The number of alkyl halides is 1. The molecule has 2 nitrogen and oxygen atoms in total. The Labute approximate surface area is 68.7 Å². The SMILES string of the molecule is Cn1cnc(/C=C/CBr)c1. The van der Waals surface area contributed by atoms with E-state index >= 15 is 0 Å². The number of allylic oxidation sites excluding steroid dienone is 1. The zero-order chi connectivity index (χ0) is 7.40. The van der Waals surface area contributed by atoms with E-state index < -0.39 is 0 Å². The summed E-state index contributed by atoms with van der Waals surface area (Å²) in [5.41, 5.74) is 1.00. The Morgan fingerprint density at radius 2 is 2.60 bits per heavy atom. The van der Waals surface area contributed by atoms with Gasteiger partial charge >= 0.3 is 0 Å². The van der Waals surface area contributed by atoms with E-state index in [-0.39, 0.29) is 0 Å². The highest BCUT2D eigenvalue weighted by Crippen LogP contribution is 1.97. The summed E-state index contributed by atoms with van der Waals surface area (Å²) in [7, 11) is 1.96. The quantitative estimate of drug-likeness (QED) is 0.667. The van der Waals surface area contributed by atoms with Crippen LogP contribution in [-0.4, -0.2) is 14.9 Å². The molecule has 0 saturated carbocycles. The van der Waals surface area contributed by atoms with E-state index in [2.05, 4.69) is 20.9 Å². The molecule has 0 radical (unpaired) electrons. The fraction of sp³-hybridized carbons (Fsp3) is 0.286. The minimum atomic E-state index is 0.879. The van der Waals surface area contributed by atoms with Crippen LogP contribution in [0.2, 0.25) is 0 Å². The average molecular weight is 201 g/mol. The van der Waals surface area contributed by atoms with Crippen LogP contribution >= 0.6 is 15.9 Å². The first-order chi connectivity index (χ1) is 4.83. The lowest BCUT2D eigenvalue weighted by Crippen LogP contribution is -1.77. The van der Waals surface area contributed by atoms with Crippen LogP contribution in [0.15, 0.2) is 18.6 Å². The molecule has 3 heteroatoms. The molecule has 54 valence electrons. The highest BCUT2D eigenvalue weighted by molar-refractivity contribution is 9.09. The summed E-state index contributed by atoms with van der Waals surface area (Å²) in [5, 5.41) is 0.879. The van der Waals surface area contributed by atoms with E-state index in [0.29, 0.717) is 0 Å². The Kier molecular flexibility index (Phi) is 2.68. The maximum absolute atomic E-state index is 4.11. The molecule has 0 spiro atoms. The molecule has 1 rings (SSSR count). The lowest BCUT2D eigenvalue weighted by Gasteiger charge is -1.80. The summed E-state index contributed by atoms with van der Waals surface area (Å²) in [6.45, 7) is 0. The van der Waals surface area contributed by atoms with Gasteiger partial charge in [-0.2, -0.15) is 0 Å². The van der Waals surface area contributed by atoms with E-state index in [0.717, 1.165) is 11.0 Å². The molecule has 0 saturated heterocycles. The predicted octanol–water partition coefficient (Wildman–Crippen LogP) is 1.83. The molecule has 1 aromatic rings. The minimum Gasteiger partial charge on any atom is -0.340 e. The van der Waals surface area contributed by atoms with Gasteiger partial charge in [-0.3, -0.25) is 0 Å². The third kappa shape index (κ3) is 1.99. The van der Waals surface area contributed by atoms with Crippen LogP contribution in [0.3, 0.4) is 0 Å². The van der Waals surface area contributed by atoms with Crippen LogP contribution in [0.25, 0.3) is 6.08 Å². The van der Waals surface area contributed by atoms with Crippen molar-refractivity contribution in [3.63, 3.8) is 0 Å². The number of aromatic nitrogens is 2. The van der Waals surface area contributed by atoms with Crippen molar-refractivity contribution in [3.8, 4) is 0 Å². The van der Waals surface area contributed by atoms with E-state index in [9.17, 15) is 0 Å². The van der Waals surface area contributed by atoms with Crippen molar-refractivity contribution in [2.24, 2.45) is 7.05 Å². The number of imidazole rings is 1. The van der Waals surface area contributed by atoms with Gasteiger partial charge in [-0.15, -0.1) is 0 Å². The molecule has 1 aromatic heterocycles. The van der Waals surface area contributed by atoms with E-state index in [1.165, 1.54) is 0 Å². The number of nitrogens with zero attached hydrogens (tertiary/aromatic N) is 2. The zero-order valence-electron chi connectivity index (χ0n) is 5.79. The smallest absolute Gasteiger partial charge is 0.0950 e. The Balaban J connectivity index is 2.67. The van der Waals surface area contributed by atoms with Gasteiger partial charge < -0.3 is 4.57 Å². The number of hydrogen-bond donors (Lipinski definition) is 0. The number of hydrogen-bond acceptors (Lipinski definition) is 1. The van der Waals surface area contributed by atoms with Crippen LogP contribution in [0.5, 0.6) is 0 Å². The van der Waals surface area contributed by atoms with Crippen molar-refractivity contribution in [2.45, 2.75) is 0 Å². The van der Waals surface area contributed by atoms with Gasteiger partial charge in [-0.25, -0.2) is 4.98 Å². The zero-order valence-corrected chi connectivity index (χ0v) is 7.37. The van der Waals surface area contributed by atoms with Crippen molar-refractivity contribution in [3.05, 3.63) is 24.3 Å². The Morgan fingerprint density at radius 1 is 1.80 bits per heavy atom. The highest BCUT2D eigenvalue weighted by atomic mass is 79.9. The maximum atomic E-state index is 4.11. The van der Waals surface area contributed by atoms with Gasteiger partial charge in [0.15, 0.2) is 0 Å². The first-order valence-corrected chi connectivity index (χ1v) is 4.15. The first kappa shape index (κ1) is 7.54. The van der Waals surface area contributed by atoms with Crippen molar-refractivity contribution >= 4 is 22.0 Å². The molecular weight excluding hydrogens is 192 g/mol. The first-order valence-electron chi connectivity index (χ1n) is 3.03. The largest absolute Gasteiger partial charge is 0.340 e. The summed E-state index contributed by atoms with van der Waals surface area (Å²) in [5.74, 6) is 0. The van der Waals surface area contributed by atoms with Gasteiger partial charge in [0, 0.05) is 18.6 Å². The molecule has 0 atom stereocenters. The second kappa shape index (κ2) is 3.56. The summed E-state index contributed by atoms with van der Waals surface area (Å²) in [6.07, 6.45) is 7.75. The third-order valence-corrected chi connectivity index (χ3v) is 1.48. The second-order valence-corrected chi connectivity index (χ2v) is 2.67. The Morgan fingerprint density at radius 3 is 3.10 bits per heavy atom. The molecule has 1 heterocycles. The van der Waals surface area contributed by atoms with E-state index in [4.69, 9.17) is 0 Å². The predicted molar refractivity (Wildman–Crippen MR) is 46.0 cm³/mol. The Hall–Kier alpha value is -0.570. The summed E-state index contributed by atoms with van der Waals surface area (Å²) < 4.78 is 1.92. The monoisotopic (exact) mass is 200 g/mol. The fourth-order valence-electron chi connectivity index (χ4n) is 0.684. The van der Waals surface area contributed by atoms with E-state index in [1.807, 2.05) is 30.0 Å². The molecule has 10 heavy (non-hydrogen) atoms. The average Bonchev–Trinajstić information content (AvgIpc) is 2.31. The number of rotatable bonds is 2. The van der Waals surface area contributed by atoms with Crippen LogP contribution in [0.1, 0.15) is 5.69 Å². The van der Waals surface area contributed by atoms with Gasteiger partial charge in [0.2, 0.25) is 0 Å². The lowest BCUT2D eigenvalue weighted by molar-refractivity contribution is 0.913. The second-order valence-electron chi connectivity index (χ2n) is 2.02. The maximum Gasteiger partial charge on any atom is 0.0950 e. The molecule has 0 unspecified atom stereocenters. The highest BCUT2D eigenvalue weighted by Gasteiger charge is 1.87. The topological polar surface area (TPSA) is 17.8 Å². The molecule has 0 bridgehead atoms.